The maximum atomic E-state index is 10.6. The first kappa shape index (κ1) is 14.0. The molecular weight excluding hydrogens is 290 g/mol. The molecular formula is C15H22BrNO. The van der Waals surface area contributed by atoms with Crippen molar-refractivity contribution in [3.63, 3.8) is 0 Å². The molecule has 1 aliphatic rings. The highest BCUT2D eigenvalue weighted by atomic mass is 79.9. The van der Waals surface area contributed by atoms with Crippen molar-refractivity contribution < 1.29 is 5.11 Å². The average Bonchev–Trinajstić information content (AvgIpc) is 2.82. The minimum Gasteiger partial charge on any atom is -0.391 e. The highest BCUT2D eigenvalue weighted by Crippen LogP contribution is 2.37. The second kappa shape index (κ2) is 5.72. The molecule has 0 heterocycles. The zero-order valence-electron chi connectivity index (χ0n) is 11.2. The third kappa shape index (κ3) is 2.79. The fraction of sp³-hybridized carbons (Fsp3) is 0.600. The second-order valence-electron chi connectivity index (χ2n) is 5.55. The van der Waals surface area contributed by atoms with Gasteiger partial charge in [-0.3, -0.25) is 0 Å². The fourth-order valence-corrected chi connectivity index (χ4v) is 3.36. The van der Waals surface area contributed by atoms with Gasteiger partial charge in [0, 0.05) is 16.4 Å². The van der Waals surface area contributed by atoms with Gasteiger partial charge in [0.25, 0.3) is 0 Å². The van der Waals surface area contributed by atoms with Crippen molar-refractivity contribution >= 4 is 15.9 Å². The molecule has 0 aliphatic heterocycles. The quantitative estimate of drug-likeness (QED) is 0.923. The number of hydrogen-bond acceptors (Lipinski definition) is 2. The molecule has 0 spiro atoms. The largest absolute Gasteiger partial charge is 0.391 e. The van der Waals surface area contributed by atoms with Gasteiger partial charge in [-0.15, -0.1) is 0 Å². The maximum Gasteiger partial charge on any atom is 0.0763 e. The molecule has 2 nitrogen and oxygen atoms in total. The van der Waals surface area contributed by atoms with Crippen LogP contribution in [0.1, 0.15) is 31.2 Å². The van der Waals surface area contributed by atoms with Gasteiger partial charge in [0.1, 0.15) is 0 Å². The molecule has 0 radical (unpaired) electrons. The van der Waals surface area contributed by atoms with Gasteiger partial charge >= 0.3 is 0 Å². The van der Waals surface area contributed by atoms with E-state index < -0.39 is 0 Å². The van der Waals surface area contributed by atoms with E-state index in [1.54, 1.807) is 0 Å². The van der Waals surface area contributed by atoms with Crippen LogP contribution in [0.25, 0.3) is 0 Å². The maximum absolute atomic E-state index is 10.6. The molecule has 1 unspecified atom stereocenters. The molecule has 1 fully saturated rings. The third-order valence-corrected chi connectivity index (χ3v) is 4.85. The normalized spacial score (nSPS) is 20.3. The summed E-state index contributed by atoms with van der Waals surface area (Å²) in [5, 5.41) is 10.6. The molecule has 1 N–H and O–H groups in total. The summed E-state index contributed by atoms with van der Waals surface area (Å²) in [4.78, 5) is 2.23. The highest BCUT2D eigenvalue weighted by molar-refractivity contribution is 9.10. The van der Waals surface area contributed by atoms with Crippen LogP contribution in [-0.2, 0) is 6.42 Å². The van der Waals surface area contributed by atoms with Crippen LogP contribution in [0.3, 0.4) is 0 Å². The predicted molar refractivity (Wildman–Crippen MR) is 78.7 cm³/mol. The number of benzene rings is 1. The number of likely N-dealkylation sites (N-methyl/N-ethyl adjacent to an activating group) is 1. The smallest absolute Gasteiger partial charge is 0.0763 e. The zero-order chi connectivity index (χ0) is 13.2. The molecule has 1 aromatic rings. The molecule has 1 aromatic carbocycles. The summed E-state index contributed by atoms with van der Waals surface area (Å²) in [6, 6.07) is 8.26. The van der Waals surface area contributed by atoms with Crippen molar-refractivity contribution in [1.29, 1.82) is 0 Å². The van der Waals surface area contributed by atoms with Crippen molar-refractivity contribution in [1.82, 2.24) is 4.90 Å². The van der Waals surface area contributed by atoms with Gasteiger partial charge in [-0.25, -0.2) is 0 Å². The number of rotatable bonds is 4. The lowest BCUT2D eigenvalue weighted by molar-refractivity contribution is -0.00250. The molecule has 1 saturated carbocycles. The number of halogens is 1. The van der Waals surface area contributed by atoms with Crippen molar-refractivity contribution in [2.45, 2.75) is 43.7 Å². The van der Waals surface area contributed by atoms with Crippen molar-refractivity contribution in [2.24, 2.45) is 0 Å². The van der Waals surface area contributed by atoms with E-state index in [4.69, 9.17) is 0 Å². The van der Waals surface area contributed by atoms with Gasteiger partial charge in [-0.1, -0.05) is 40.9 Å². The first-order chi connectivity index (χ1) is 8.54. The predicted octanol–water partition coefficient (Wildman–Crippen LogP) is 3.23. The van der Waals surface area contributed by atoms with Gasteiger partial charge in [0.2, 0.25) is 0 Å². The van der Waals surface area contributed by atoms with Gasteiger partial charge in [0.15, 0.2) is 0 Å². The van der Waals surface area contributed by atoms with E-state index in [-0.39, 0.29) is 11.6 Å². The van der Waals surface area contributed by atoms with Gasteiger partial charge < -0.3 is 10.0 Å². The Kier molecular flexibility index (Phi) is 4.46. The van der Waals surface area contributed by atoms with Crippen LogP contribution in [-0.4, -0.2) is 35.7 Å². The van der Waals surface area contributed by atoms with Crippen LogP contribution in [0.15, 0.2) is 28.7 Å². The summed E-state index contributed by atoms with van der Waals surface area (Å²) >= 11 is 3.44. The number of aliphatic hydroxyl groups excluding tert-OH is 1. The zero-order valence-corrected chi connectivity index (χ0v) is 12.8. The molecule has 3 heteroatoms. The molecule has 100 valence electrons. The van der Waals surface area contributed by atoms with Gasteiger partial charge in [-0.05, 0) is 44.6 Å². The standard InChI is InChI=1S/C15H22BrNO/c1-17(2)15(9-3-4-10-15)14(18)11-12-5-7-13(16)8-6-12/h5-8,14,18H,3-4,9-11H2,1-2H3. The van der Waals surface area contributed by atoms with Gasteiger partial charge in [0.05, 0.1) is 6.10 Å². The van der Waals surface area contributed by atoms with Crippen LogP contribution in [0, 0.1) is 0 Å². The molecule has 0 saturated heterocycles. The summed E-state index contributed by atoms with van der Waals surface area (Å²) < 4.78 is 1.09. The first-order valence-corrected chi connectivity index (χ1v) is 7.44. The Bertz CT molecular complexity index is 382. The molecule has 0 amide bonds. The first-order valence-electron chi connectivity index (χ1n) is 6.64. The van der Waals surface area contributed by atoms with Crippen LogP contribution in [0.4, 0.5) is 0 Å². The van der Waals surface area contributed by atoms with E-state index >= 15 is 0 Å². The van der Waals surface area contributed by atoms with Crippen molar-refractivity contribution in [2.75, 3.05) is 14.1 Å². The van der Waals surface area contributed by atoms with E-state index in [0.717, 1.165) is 23.7 Å². The number of nitrogens with zero attached hydrogens (tertiary/aromatic N) is 1. The molecule has 1 atom stereocenters. The Labute approximate surface area is 118 Å². The average molecular weight is 312 g/mol. The van der Waals surface area contributed by atoms with E-state index in [0.29, 0.717) is 0 Å². The SMILES string of the molecule is CN(C)C1(C(O)Cc2ccc(Br)cc2)CCCC1. The van der Waals surface area contributed by atoms with E-state index in [1.807, 2.05) is 12.1 Å². The molecule has 2 rings (SSSR count). The van der Waals surface area contributed by atoms with Crippen LogP contribution < -0.4 is 0 Å². The van der Waals surface area contributed by atoms with E-state index in [1.165, 1.54) is 18.4 Å². The lowest BCUT2D eigenvalue weighted by Crippen LogP contribution is -2.52. The minimum absolute atomic E-state index is 0.0208. The Hall–Kier alpha value is -0.380. The Morgan fingerprint density at radius 3 is 2.28 bits per heavy atom. The monoisotopic (exact) mass is 311 g/mol. The Morgan fingerprint density at radius 1 is 1.22 bits per heavy atom. The molecule has 18 heavy (non-hydrogen) atoms. The van der Waals surface area contributed by atoms with Crippen LogP contribution in [0.2, 0.25) is 0 Å². The lowest BCUT2D eigenvalue weighted by atomic mass is 9.85. The highest BCUT2D eigenvalue weighted by Gasteiger charge is 2.42. The summed E-state index contributed by atoms with van der Waals surface area (Å²) in [6.07, 6.45) is 5.14. The second-order valence-corrected chi connectivity index (χ2v) is 6.47. The Balaban J connectivity index is 2.10. The number of hydrogen-bond donors (Lipinski definition) is 1. The molecule has 0 aromatic heterocycles. The third-order valence-electron chi connectivity index (χ3n) is 4.32. The van der Waals surface area contributed by atoms with E-state index in [9.17, 15) is 5.11 Å². The van der Waals surface area contributed by atoms with Crippen molar-refractivity contribution in [3.8, 4) is 0 Å². The number of aliphatic hydroxyl groups is 1. The fourth-order valence-electron chi connectivity index (χ4n) is 3.10. The summed E-state index contributed by atoms with van der Waals surface area (Å²) in [5.41, 5.74) is 1.19. The van der Waals surface area contributed by atoms with E-state index in [2.05, 4.69) is 47.1 Å². The summed E-state index contributed by atoms with van der Waals surface area (Å²) in [6.45, 7) is 0. The summed E-state index contributed by atoms with van der Waals surface area (Å²) in [5.74, 6) is 0. The molecule has 1 aliphatic carbocycles. The Morgan fingerprint density at radius 2 is 1.78 bits per heavy atom. The van der Waals surface area contributed by atoms with Crippen LogP contribution in [0.5, 0.6) is 0 Å². The lowest BCUT2D eigenvalue weighted by Gasteiger charge is -2.40. The topological polar surface area (TPSA) is 23.5 Å². The molecule has 0 bridgehead atoms. The summed E-state index contributed by atoms with van der Waals surface area (Å²) in [7, 11) is 4.19. The van der Waals surface area contributed by atoms with Gasteiger partial charge in [-0.2, -0.15) is 0 Å². The minimum atomic E-state index is -0.281. The van der Waals surface area contributed by atoms with Crippen LogP contribution >= 0.6 is 15.9 Å². The van der Waals surface area contributed by atoms with Crippen molar-refractivity contribution in [3.05, 3.63) is 34.3 Å².